The van der Waals surface area contributed by atoms with E-state index in [-0.39, 0.29) is 11.9 Å². The van der Waals surface area contributed by atoms with Crippen molar-refractivity contribution in [1.29, 1.82) is 0 Å². The van der Waals surface area contributed by atoms with Gasteiger partial charge in [0.15, 0.2) is 0 Å². The summed E-state index contributed by atoms with van der Waals surface area (Å²) in [5.41, 5.74) is 5.32. The average Bonchev–Trinajstić information content (AvgIpc) is 2.34. The van der Waals surface area contributed by atoms with E-state index in [4.69, 9.17) is 15.2 Å². The summed E-state index contributed by atoms with van der Waals surface area (Å²) in [7, 11) is 1.64. The fourth-order valence-electron chi connectivity index (χ4n) is 1.68. The number of morpholine rings is 1. The summed E-state index contributed by atoms with van der Waals surface area (Å²) in [6.07, 6.45) is 0. The van der Waals surface area contributed by atoms with Gasteiger partial charge in [-0.05, 0) is 0 Å². The maximum absolute atomic E-state index is 11.6. The summed E-state index contributed by atoms with van der Waals surface area (Å²) in [5, 5.41) is 2.64. The smallest absolute Gasteiger partial charge is 0.239 e. The number of ether oxygens (including phenoxy) is 2. The Kier molecular flexibility index (Phi) is 6.32. The van der Waals surface area contributed by atoms with Crippen LogP contribution in [0.4, 0.5) is 0 Å². The maximum atomic E-state index is 11.6. The molecule has 0 spiro atoms. The van der Waals surface area contributed by atoms with Gasteiger partial charge in [-0.3, -0.25) is 9.69 Å². The molecule has 1 aliphatic rings. The molecule has 16 heavy (non-hydrogen) atoms. The highest BCUT2D eigenvalue weighted by Crippen LogP contribution is 2.06. The monoisotopic (exact) mass is 231 g/mol. The van der Waals surface area contributed by atoms with Crippen LogP contribution in [0, 0.1) is 0 Å². The minimum absolute atomic E-state index is 0.00137. The number of amides is 1. The number of likely N-dealkylation sites (N-methyl/N-ethyl adjacent to an activating group) is 1. The van der Waals surface area contributed by atoms with Gasteiger partial charge in [-0.1, -0.05) is 0 Å². The van der Waals surface area contributed by atoms with Crippen molar-refractivity contribution in [2.45, 2.75) is 6.04 Å². The van der Waals surface area contributed by atoms with Crippen LogP contribution in [0.3, 0.4) is 0 Å². The average molecular weight is 231 g/mol. The minimum Gasteiger partial charge on any atom is -0.379 e. The predicted octanol–water partition coefficient (Wildman–Crippen LogP) is -1.59. The third-order valence-electron chi connectivity index (χ3n) is 2.57. The number of hydrogen-bond acceptors (Lipinski definition) is 5. The van der Waals surface area contributed by atoms with Gasteiger partial charge in [0.2, 0.25) is 5.91 Å². The largest absolute Gasteiger partial charge is 0.379 e. The molecule has 1 fully saturated rings. The molecular weight excluding hydrogens is 210 g/mol. The third kappa shape index (κ3) is 4.05. The molecule has 1 unspecified atom stereocenters. The lowest BCUT2D eigenvalue weighted by Crippen LogP contribution is -2.54. The van der Waals surface area contributed by atoms with Crippen molar-refractivity contribution in [3.63, 3.8) is 0 Å². The van der Waals surface area contributed by atoms with Gasteiger partial charge in [0, 0.05) is 26.7 Å². The van der Waals surface area contributed by atoms with Crippen LogP contribution in [-0.4, -0.2) is 70.0 Å². The first-order valence-corrected chi connectivity index (χ1v) is 5.60. The van der Waals surface area contributed by atoms with Gasteiger partial charge >= 0.3 is 0 Å². The number of carbonyl (C=O) groups excluding carboxylic acids is 1. The van der Waals surface area contributed by atoms with Gasteiger partial charge in [-0.15, -0.1) is 0 Å². The van der Waals surface area contributed by atoms with Gasteiger partial charge in [0.25, 0.3) is 0 Å². The predicted molar refractivity (Wildman–Crippen MR) is 60.1 cm³/mol. The molecule has 1 rings (SSSR count). The Morgan fingerprint density at radius 2 is 2.44 bits per heavy atom. The topological polar surface area (TPSA) is 76.8 Å². The van der Waals surface area contributed by atoms with Crippen LogP contribution in [-0.2, 0) is 14.3 Å². The number of nitrogens with one attached hydrogen (secondary N) is 1. The van der Waals surface area contributed by atoms with Crippen LogP contribution in [0.15, 0.2) is 0 Å². The molecule has 0 radical (unpaired) electrons. The molecule has 6 heteroatoms. The van der Waals surface area contributed by atoms with Gasteiger partial charge in [-0.2, -0.15) is 0 Å². The van der Waals surface area contributed by atoms with Crippen molar-refractivity contribution in [2.24, 2.45) is 5.73 Å². The molecule has 0 aliphatic carbocycles. The molecule has 1 saturated heterocycles. The van der Waals surface area contributed by atoms with E-state index in [0.29, 0.717) is 33.0 Å². The summed E-state index contributed by atoms with van der Waals surface area (Å²) in [6.45, 7) is 4.33. The zero-order valence-corrected chi connectivity index (χ0v) is 9.78. The highest BCUT2D eigenvalue weighted by Gasteiger charge is 2.28. The van der Waals surface area contributed by atoms with Crippen molar-refractivity contribution in [3.8, 4) is 0 Å². The van der Waals surface area contributed by atoms with Crippen LogP contribution in [0.1, 0.15) is 0 Å². The lowest BCUT2D eigenvalue weighted by Gasteiger charge is -2.33. The molecule has 1 aliphatic heterocycles. The van der Waals surface area contributed by atoms with Crippen molar-refractivity contribution in [1.82, 2.24) is 10.2 Å². The molecule has 0 saturated carbocycles. The first-order valence-electron chi connectivity index (χ1n) is 5.60. The molecule has 6 nitrogen and oxygen atoms in total. The van der Waals surface area contributed by atoms with E-state index < -0.39 is 0 Å². The van der Waals surface area contributed by atoms with Crippen molar-refractivity contribution >= 4 is 5.91 Å². The van der Waals surface area contributed by atoms with E-state index in [9.17, 15) is 4.79 Å². The van der Waals surface area contributed by atoms with Crippen LogP contribution in [0.5, 0.6) is 0 Å². The van der Waals surface area contributed by atoms with Crippen molar-refractivity contribution < 1.29 is 14.3 Å². The zero-order valence-electron chi connectivity index (χ0n) is 9.78. The molecule has 1 heterocycles. The normalized spacial score (nSPS) is 22.0. The van der Waals surface area contributed by atoms with Gasteiger partial charge in [-0.25, -0.2) is 0 Å². The number of rotatable bonds is 6. The van der Waals surface area contributed by atoms with E-state index >= 15 is 0 Å². The quantitative estimate of drug-likeness (QED) is 0.539. The van der Waals surface area contributed by atoms with E-state index in [2.05, 4.69) is 10.2 Å². The van der Waals surface area contributed by atoms with Crippen LogP contribution < -0.4 is 11.1 Å². The first kappa shape index (κ1) is 13.4. The summed E-state index contributed by atoms with van der Waals surface area (Å²) in [4.78, 5) is 13.7. The van der Waals surface area contributed by atoms with Crippen LogP contribution in [0.25, 0.3) is 0 Å². The number of hydrogen-bond donors (Lipinski definition) is 2. The Morgan fingerprint density at radius 3 is 3.12 bits per heavy atom. The number of carbonyl (C=O) groups is 1. The van der Waals surface area contributed by atoms with E-state index in [1.54, 1.807) is 7.05 Å². The Labute approximate surface area is 96.1 Å². The Morgan fingerprint density at radius 1 is 1.62 bits per heavy atom. The molecule has 3 N–H and O–H groups in total. The lowest BCUT2D eigenvalue weighted by atomic mass is 10.2. The summed E-state index contributed by atoms with van der Waals surface area (Å²) in [5.74, 6) is -0.00137. The Bertz CT molecular complexity index is 213. The second-order valence-corrected chi connectivity index (χ2v) is 3.64. The van der Waals surface area contributed by atoms with Gasteiger partial charge in [0.05, 0.1) is 26.4 Å². The van der Waals surface area contributed by atoms with Crippen LogP contribution >= 0.6 is 0 Å². The Balaban J connectivity index is 2.32. The second kappa shape index (κ2) is 7.56. The van der Waals surface area contributed by atoms with E-state index in [1.807, 2.05) is 0 Å². The number of nitrogens with zero attached hydrogens (tertiary/aromatic N) is 1. The van der Waals surface area contributed by atoms with Gasteiger partial charge < -0.3 is 20.5 Å². The summed E-state index contributed by atoms with van der Waals surface area (Å²) >= 11 is 0. The van der Waals surface area contributed by atoms with Crippen molar-refractivity contribution in [3.05, 3.63) is 0 Å². The molecular formula is C10H21N3O3. The Hall–Kier alpha value is -0.690. The second-order valence-electron chi connectivity index (χ2n) is 3.64. The molecule has 0 aromatic carbocycles. The fraction of sp³-hybridized carbons (Fsp3) is 0.900. The maximum Gasteiger partial charge on any atom is 0.239 e. The zero-order chi connectivity index (χ0) is 11.8. The first-order chi connectivity index (χ1) is 7.79. The standard InChI is InChI=1S/C10H21N3O3/c1-12-10(14)9-8-16-7-4-13(9)3-6-15-5-2-11/h9H,2-8,11H2,1H3,(H,12,14). The van der Waals surface area contributed by atoms with Crippen LogP contribution in [0.2, 0.25) is 0 Å². The minimum atomic E-state index is -0.194. The van der Waals surface area contributed by atoms with Crippen molar-refractivity contribution in [2.75, 3.05) is 53.1 Å². The molecule has 0 aromatic heterocycles. The molecule has 0 bridgehead atoms. The van der Waals surface area contributed by atoms with E-state index in [1.165, 1.54) is 0 Å². The third-order valence-corrected chi connectivity index (χ3v) is 2.57. The molecule has 0 aromatic rings. The highest BCUT2D eigenvalue weighted by molar-refractivity contribution is 5.81. The highest BCUT2D eigenvalue weighted by atomic mass is 16.5. The lowest BCUT2D eigenvalue weighted by molar-refractivity contribution is -0.132. The molecule has 94 valence electrons. The SMILES string of the molecule is CNC(=O)C1COCCN1CCOCCN. The molecule has 1 amide bonds. The summed E-state index contributed by atoms with van der Waals surface area (Å²) < 4.78 is 10.6. The fourth-order valence-corrected chi connectivity index (χ4v) is 1.68. The summed E-state index contributed by atoms with van der Waals surface area (Å²) in [6, 6.07) is -0.194. The number of nitrogens with two attached hydrogens (primary N) is 1. The molecule has 1 atom stereocenters. The van der Waals surface area contributed by atoms with Gasteiger partial charge in [0.1, 0.15) is 6.04 Å². The van der Waals surface area contributed by atoms with E-state index in [0.717, 1.165) is 13.1 Å².